The molecule has 0 saturated carbocycles. The molecular formula is C23H25ClF3N3O4S. The molecule has 2 aromatic carbocycles. The molecule has 1 N–H and O–H groups in total. The number of rotatable bonds is 5. The van der Waals surface area contributed by atoms with Gasteiger partial charge in [-0.3, -0.25) is 9.59 Å². The van der Waals surface area contributed by atoms with Gasteiger partial charge in [0, 0.05) is 24.7 Å². The van der Waals surface area contributed by atoms with Crippen LogP contribution in [-0.2, 0) is 19.6 Å². The normalized spacial score (nSPS) is 22.6. The van der Waals surface area contributed by atoms with Crippen LogP contribution in [0.1, 0.15) is 26.2 Å². The minimum Gasteiger partial charge on any atom is -0.340 e. The zero-order valence-corrected chi connectivity index (χ0v) is 20.5. The van der Waals surface area contributed by atoms with E-state index in [9.17, 15) is 31.2 Å². The topological polar surface area (TPSA) is 86.8 Å². The second-order valence-corrected chi connectivity index (χ2v) is 11.1. The fourth-order valence-corrected chi connectivity index (χ4v) is 6.09. The van der Waals surface area contributed by atoms with Gasteiger partial charge in [0.05, 0.1) is 10.8 Å². The number of carbonyl (C=O) groups is 2. The third-order valence-electron chi connectivity index (χ3n) is 6.64. The largest absolute Gasteiger partial charge is 0.393 e. The minimum absolute atomic E-state index is 0.0193. The first-order chi connectivity index (χ1) is 16.4. The van der Waals surface area contributed by atoms with E-state index < -0.39 is 52.6 Å². The van der Waals surface area contributed by atoms with Crippen LogP contribution in [0.2, 0.25) is 5.02 Å². The zero-order chi connectivity index (χ0) is 25.5. The van der Waals surface area contributed by atoms with Crippen LogP contribution < -0.4 is 4.72 Å². The Balaban J connectivity index is 1.43. The zero-order valence-electron chi connectivity index (χ0n) is 18.9. The minimum atomic E-state index is -4.38. The number of piperidine rings is 1. The molecule has 2 amide bonds. The summed E-state index contributed by atoms with van der Waals surface area (Å²) in [5, 5.41) is 1.94. The van der Waals surface area contributed by atoms with Crippen molar-refractivity contribution in [1.82, 2.24) is 14.5 Å². The van der Waals surface area contributed by atoms with Crippen molar-refractivity contribution in [3.05, 3.63) is 41.4 Å². The van der Waals surface area contributed by atoms with Crippen LogP contribution >= 0.6 is 11.6 Å². The van der Waals surface area contributed by atoms with Crippen molar-refractivity contribution in [2.24, 2.45) is 5.92 Å². The number of fused-ring (bicyclic) bond motifs is 1. The summed E-state index contributed by atoms with van der Waals surface area (Å²) >= 11 is 5.97. The van der Waals surface area contributed by atoms with Crippen LogP contribution in [0.15, 0.2) is 41.3 Å². The molecule has 2 unspecified atom stereocenters. The highest BCUT2D eigenvalue weighted by atomic mass is 35.5. The summed E-state index contributed by atoms with van der Waals surface area (Å²) in [5.41, 5.74) is 0. The van der Waals surface area contributed by atoms with E-state index in [1.807, 2.05) is 0 Å². The molecule has 0 aromatic heterocycles. The summed E-state index contributed by atoms with van der Waals surface area (Å²) < 4.78 is 67.7. The molecule has 12 heteroatoms. The Bertz CT molecular complexity index is 1250. The highest BCUT2D eigenvalue weighted by Crippen LogP contribution is 2.33. The standard InChI is InChI=1S/C23H25ClF3N3O4S/c1-14(21(31)29-9-2-3-17(13-29)23(25,26)27)30-10-8-20(22(30)32)28-35(33,34)19-7-5-15-11-18(24)6-4-16(15)12-19/h4-7,11-12,14,17,20,28H,2-3,8-10,13H2,1H3/t14-,17?,20?/m0/s1. The van der Waals surface area contributed by atoms with Gasteiger partial charge in [0.2, 0.25) is 21.8 Å². The number of hydrogen-bond acceptors (Lipinski definition) is 4. The summed E-state index contributed by atoms with van der Waals surface area (Å²) in [4.78, 5) is 28.2. The first kappa shape index (κ1) is 25.7. The molecule has 3 atom stereocenters. The highest BCUT2D eigenvalue weighted by molar-refractivity contribution is 7.89. The van der Waals surface area contributed by atoms with Crippen LogP contribution in [0.4, 0.5) is 13.2 Å². The van der Waals surface area contributed by atoms with Crippen LogP contribution in [0.25, 0.3) is 10.8 Å². The summed E-state index contributed by atoms with van der Waals surface area (Å²) in [6.45, 7) is 1.34. The van der Waals surface area contributed by atoms with Crippen molar-refractivity contribution in [3.8, 4) is 0 Å². The SMILES string of the molecule is C[C@@H](C(=O)N1CCCC(C(F)(F)F)C1)N1CCC(NS(=O)(=O)c2ccc3cc(Cl)ccc3c2)C1=O. The molecular weight excluding hydrogens is 507 g/mol. The Labute approximate surface area is 206 Å². The van der Waals surface area contributed by atoms with Crippen LogP contribution in [-0.4, -0.2) is 67.9 Å². The molecule has 0 bridgehead atoms. The third kappa shape index (κ3) is 5.41. The molecule has 190 valence electrons. The maximum atomic E-state index is 13.1. The smallest absolute Gasteiger partial charge is 0.340 e. The third-order valence-corrected chi connectivity index (χ3v) is 8.35. The molecule has 2 saturated heterocycles. The van der Waals surface area contributed by atoms with Crippen LogP contribution in [0.3, 0.4) is 0 Å². The average Bonchev–Trinajstić information content (AvgIpc) is 3.16. The monoisotopic (exact) mass is 531 g/mol. The molecule has 2 aromatic rings. The number of likely N-dealkylation sites (tertiary alicyclic amines) is 2. The quantitative estimate of drug-likeness (QED) is 0.639. The van der Waals surface area contributed by atoms with Gasteiger partial charge >= 0.3 is 6.18 Å². The Morgan fingerprint density at radius 3 is 2.51 bits per heavy atom. The molecule has 0 spiro atoms. The second kappa shape index (κ2) is 9.59. The summed E-state index contributed by atoms with van der Waals surface area (Å²) in [5.74, 6) is -2.73. The first-order valence-corrected chi connectivity index (χ1v) is 13.1. The van der Waals surface area contributed by atoms with E-state index in [2.05, 4.69) is 4.72 Å². The molecule has 0 radical (unpaired) electrons. The van der Waals surface area contributed by atoms with E-state index in [1.54, 1.807) is 24.3 Å². The van der Waals surface area contributed by atoms with Crippen molar-refractivity contribution in [2.75, 3.05) is 19.6 Å². The van der Waals surface area contributed by atoms with E-state index >= 15 is 0 Å². The molecule has 7 nitrogen and oxygen atoms in total. The number of nitrogens with zero attached hydrogens (tertiary/aromatic N) is 2. The summed E-state index contributed by atoms with van der Waals surface area (Å²) in [6, 6.07) is 7.49. The second-order valence-electron chi connectivity index (χ2n) is 8.99. The number of carbonyl (C=O) groups excluding carboxylic acids is 2. The number of nitrogens with one attached hydrogen (secondary N) is 1. The van der Waals surface area contributed by atoms with Crippen LogP contribution in [0, 0.1) is 5.92 Å². The molecule has 2 heterocycles. The number of alkyl halides is 3. The molecule has 2 aliphatic rings. The van der Waals surface area contributed by atoms with Gasteiger partial charge in [0.1, 0.15) is 12.1 Å². The molecule has 4 rings (SSSR count). The summed E-state index contributed by atoms with van der Waals surface area (Å²) in [6.07, 6.45) is -4.04. The average molecular weight is 532 g/mol. The van der Waals surface area contributed by atoms with Gasteiger partial charge in [-0.15, -0.1) is 0 Å². The van der Waals surface area contributed by atoms with Crippen molar-refractivity contribution in [3.63, 3.8) is 0 Å². The maximum Gasteiger partial charge on any atom is 0.393 e. The molecule has 0 aliphatic carbocycles. The predicted octanol–water partition coefficient (Wildman–Crippen LogP) is 3.56. The fourth-order valence-electron chi connectivity index (χ4n) is 4.66. The molecule has 2 aliphatic heterocycles. The highest BCUT2D eigenvalue weighted by Gasteiger charge is 2.45. The Morgan fingerprint density at radius 2 is 1.80 bits per heavy atom. The van der Waals surface area contributed by atoms with Gasteiger partial charge < -0.3 is 9.80 Å². The van der Waals surface area contributed by atoms with E-state index in [4.69, 9.17) is 11.6 Å². The predicted molar refractivity (Wildman–Crippen MR) is 124 cm³/mol. The Kier molecular flexibility index (Phi) is 7.05. The van der Waals surface area contributed by atoms with E-state index in [0.29, 0.717) is 10.4 Å². The van der Waals surface area contributed by atoms with Crippen molar-refractivity contribution < 1.29 is 31.2 Å². The van der Waals surface area contributed by atoms with Crippen molar-refractivity contribution in [1.29, 1.82) is 0 Å². The lowest BCUT2D eigenvalue weighted by Gasteiger charge is -2.36. The molecule has 35 heavy (non-hydrogen) atoms. The van der Waals surface area contributed by atoms with Gasteiger partial charge in [-0.1, -0.05) is 23.7 Å². The lowest BCUT2D eigenvalue weighted by atomic mass is 9.97. The maximum absolute atomic E-state index is 13.1. The lowest BCUT2D eigenvalue weighted by molar-refractivity contribution is -0.189. The van der Waals surface area contributed by atoms with Gasteiger partial charge in [-0.25, -0.2) is 8.42 Å². The number of amides is 2. The number of halogens is 4. The van der Waals surface area contributed by atoms with Gasteiger partial charge in [-0.2, -0.15) is 17.9 Å². The van der Waals surface area contributed by atoms with Crippen molar-refractivity contribution in [2.45, 2.75) is 49.3 Å². The fraction of sp³-hybridized carbons (Fsp3) is 0.478. The number of hydrogen-bond donors (Lipinski definition) is 1. The number of benzene rings is 2. The van der Waals surface area contributed by atoms with E-state index in [1.165, 1.54) is 24.0 Å². The van der Waals surface area contributed by atoms with Gasteiger partial charge in [0.15, 0.2) is 0 Å². The van der Waals surface area contributed by atoms with Gasteiger partial charge in [0.25, 0.3) is 0 Å². The number of sulfonamides is 1. The Morgan fingerprint density at radius 1 is 1.11 bits per heavy atom. The first-order valence-electron chi connectivity index (χ1n) is 11.2. The van der Waals surface area contributed by atoms with Gasteiger partial charge in [-0.05, 0) is 61.2 Å². The van der Waals surface area contributed by atoms with E-state index in [0.717, 1.165) is 10.3 Å². The van der Waals surface area contributed by atoms with E-state index in [-0.39, 0.29) is 37.2 Å². The van der Waals surface area contributed by atoms with Crippen LogP contribution in [0.5, 0.6) is 0 Å². The lowest BCUT2D eigenvalue weighted by Crippen LogP contribution is -2.53. The summed E-state index contributed by atoms with van der Waals surface area (Å²) in [7, 11) is -4.04. The van der Waals surface area contributed by atoms with Crippen molar-refractivity contribution >= 4 is 44.2 Å². The molecule has 2 fully saturated rings. The Hall–Kier alpha value is -2.37.